The highest BCUT2D eigenvalue weighted by molar-refractivity contribution is 5.26. The average Bonchev–Trinajstić information content (AvgIpc) is 2.18. The molecule has 2 rings (SSSR count). The maximum absolute atomic E-state index is 9.62. The molecule has 1 aromatic rings. The molecule has 0 aliphatic heterocycles. The van der Waals surface area contributed by atoms with Crippen molar-refractivity contribution in [2.45, 2.75) is 44.6 Å². The van der Waals surface area contributed by atoms with Crippen LogP contribution < -0.4 is 0 Å². The summed E-state index contributed by atoms with van der Waals surface area (Å²) in [6, 6.07) is 2.10. The maximum atomic E-state index is 9.62. The van der Waals surface area contributed by atoms with Crippen LogP contribution in [0.25, 0.3) is 0 Å². The Morgan fingerprint density at radius 2 is 2.29 bits per heavy atom. The van der Waals surface area contributed by atoms with Crippen LogP contribution in [0, 0.1) is 6.92 Å². The van der Waals surface area contributed by atoms with E-state index in [1.807, 2.05) is 12.4 Å². The summed E-state index contributed by atoms with van der Waals surface area (Å²) in [4.78, 5) is 4.10. The van der Waals surface area contributed by atoms with E-state index in [1.54, 1.807) is 0 Å². The normalized spacial score (nSPS) is 27.6. The second kappa shape index (κ2) is 4.09. The fourth-order valence-corrected chi connectivity index (χ4v) is 2.39. The lowest BCUT2D eigenvalue weighted by molar-refractivity contribution is 0.119. The number of nitrogens with zero attached hydrogens (tertiary/aromatic N) is 1. The molecule has 0 bridgehead atoms. The minimum Gasteiger partial charge on any atom is -0.393 e. The third-order valence-corrected chi connectivity index (χ3v) is 3.15. The molecule has 1 unspecified atom stereocenters. The molecule has 0 spiro atoms. The van der Waals surface area contributed by atoms with Crippen LogP contribution >= 0.6 is 0 Å². The molecule has 2 nitrogen and oxygen atoms in total. The van der Waals surface area contributed by atoms with E-state index in [9.17, 15) is 5.11 Å². The van der Waals surface area contributed by atoms with Crippen molar-refractivity contribution < 1.29 is 5.11 Å². The summed E-state index contributed by atoms with van der Waals surface area (Å²) in [6.45, 7) is 2.10. The summed E-state index contributed by atoms with van der Waals surface area (Å²) in [5.74, 6) is 0.543. The molecule has 1 N–H and O–H groups in total. The highest BCUT2D eigenvalue weighted by atomic mass is 16.3. The van der Waals surface area contributed by atoms with Crippen LogP contribution in [-0.2, 0) is 0 Å². The van der Waals surface area contributed by atoms with Gasteiger partial charge in [-0.15, -0.1) is 0 Å². The van der Waals surface area contributed by atoms with Crippen LogP contribution in [0.2, 0.25) is 0 Å². The Balaban J connectivity index is 2.18. The Kier molecular flexibility index (Phi) is 2.82. The molecule has 1 aliphatic carbocycles. The van der Waals surface area contributed by atoms with Crippen molar-refractivity contribution in [3.8, 4) is 0 Å². The van der Waals surface area contributed by atoms with Gasteiger partial charge >= 0.3 is 0 Å². The number of hydrogen-bond acceptors (Lipinski definition) is 2. The Morgan fingerprint density at radius 1 is 1.43 bits per heavy atom. The van der Waals surface area contributed by atoms with E-state index in [0.29, 0.717) is 5.92 Å². The molecule has 1 saturated carbocycles. The molecule has 76 valence electrons. The van der Waals surface area contributed by atoms with Gasteiger partial charge in [0.1, 0.15) is 0 Å². The topological polar surface area (TPSA) is 33.1 Å². The fraction of sp³-hybridized carbons (Fsp3) is 0.583. The first-order valence-corrected chi connectivity index (χ1v) is 5.36. The van der Waals surface area contributed by atoms with Crippen molar-refractivity contribution in [1.82, 2.24) is 4.98 Å². The zero-order valence-corrected chi connectivity index (χ0v) is 8.61. The van der Waals surface area contributed by atoms with Crippen molar-refractivity contribution in [1.29, 1.82) is 0 Å². The van der Waals surface area contributed by atoms with Gasteiger partial charge in [0.25, 0.3) is 0 Å². The van der Waals surface area contributed by atoms with Crippen LogP contribution in [0.15, 0.2) is 18.5 Å². The number of pyridine rings is 1. The van der Waals surface area contributed by atoms with Gasteiger partial charge < -0.3 is 5.11 Å². The molecule has 0 amide bonds. The van der Waals surface area contributed by atoms with Gasteiger partial charge in [0.15, 0.2) is 0 Å². The minimum atomic E-state index is -0.0960. The average molecular weight is 191 g/mol. The van der Waals surface area contributed by atoms with Gasteiger partial charge in [-0.1, -0.05) is 6.42 Å². The first-order valence-electron chi connectivity index (χ1n) is 5.36. The van der Waals surface area contributed by atoms with Crippen molar-refractivity contribution in [3.63, 3.8) is 0 Å². The first-order chi connectivity index (χ1) is 6.77. The molecule has 14 heavy (non-hydrogen) atoms. The second-order valence-electron chi connectivity index (χ2n) is 4.25. The van der Waals surface area contributed by atoms with Crippen molar-refractivity contribution >= 4 is 0 Å². The van der Waals surface area contributed by atoms with Crippen molar-refractivity contribution in [2.24, 2.45) is 0 Å². The predicted molar refractivity (Wildman–Crippen MR) is 56.2 cm³/mol. The standard InChI is InChI=1S/C12H17NO/c1-9-8-13-6-5-12(9)10-3-2-4-11(14)7-10/h5-6,8,10-11,14H,2-4,7H2,1H3/t10?,11-/m1/s1. The number of aliphatic hydroxyl groups excluding tert-OH is 1. The van der Waals surface area contributed by atoms with E-state index < -0.39 is 0 Å². The Morgan fingerprint density at radius 3 is 3.00 bits per heavy atom. The number of aliphatic hydroxyl groups is 1. The number of hydrogen-bond donors (Lipinski definition) is 1. The summed E-state index contributed by atoms with van der Waals surface area (Å²) >= 11 is 0. The molecule has 1 aliphatic rings. The highest BCUT2D eigenvalue weighted by Crippen LogP contribution is 2.33. The third kappa shape index (κ3) is 1.95. The van der Waals surface area contributed by atoms with Gasteiger partial charge in [-0.25, -0.2) is 0 Å². The van der Waals surface area contributed by atoms with Gasteiger partial charge in [0.05, 0.1) is 6.10 Å². The summed E-state index contributed by atoms with van der Waals surface area (Å²) in [7, 11) is 0. The fourth-order valence-electron chi connectivity index (χ4n) is 2.39. The van der Waals surface area contributed by atoms with E-state index in [4.69, 9.17) is 0 Å². The van der Waals surface area contributed by atoms with Gasteiger partial charge in [-0.05, 0) is 49.3 Å². The summed E-state index contributed by atoms with van der Waals surface area (Å²) < 4.78 is 0. The number of aryl methyl sites for hydroxylation is 1. The largest absolute Gasteiger partial charge is 0.393 e. The lowest BCUT2D eigenvalue weighted by atomic mass is 9.81. The van der Waals surface area contributed by atoms with Gasteiger partial charge in [0, 0.05) is 12.4 Å². The third-order valence-electron chi connectivity index (χ3n) is 3.15. The molecule has 0 radical (unpaired) electrons. The quantitative estimate of drug-likeness (QED) is 0.739. The molecule has 1 fully saturated rings. The van der Waals surface area contributed by atoms with E-state index in [-0.39, 0.29) is 6.10 Å². The van der Waals surface area contributed by atoms with Gasteiger partial charge in [-0.2, -0.15) is 0 Å². The van der Waals surface area contributed by atoms with E-state index >= 15 is 0 Å². The van der Waals surface area contributed by atoms with Crippen LogP contribution in [0.1, 0.15) is 42.7 Å². The summed E-state index contributed by atoms with van der Waals surface area (Å²) in [5, 5.41) is 9.62. The Hall–Kier alpha value is -0.890. The van der Waals surface area contributed by atoms with E-state index in [0.717, 1.165) is 19.3 Å². The van der Waals surface area contributed by atoms with Crippen LogP contribution in [0.3, 0.4) is 0 Å². The molecule has 1 aromatic heterocycles. The van der Waals surface area contributed by atoms with Crippen molar-refractivity contribution in [3.05, 3.63) is 29.6 Å². The lowest BCUT2D eigenvalue weighted by Gasteiger charge is -2.27. The Bertz CT molecular complexity index is 311. The predicted octanol–water partition coefficient (Wildman–Crippen LogP) is 2.41. The smallest absolute Gasteiger partial charge is 0.0546 e. The maximum Gasteiger partial charge on any atom is 0.0546 e. The van der Waals surface area contributed by atoms with E-state index in [2.05, 4.69) is 18.0 Å². The number of rotatable bonds is 1. The summed E-state index contributed by atoms with van der Waals surface area (Å²) in [5.41, 5.74) is 2.63. The summed E-state index contributed by atoms with van der Waals surface area (Å²) in [6.07, 6.45) is 7.92. The highest BCUT2D eigenvalue weighted by Gasteiger charge is 2.22. The van der Waals surface area contributed by atoms with E-state index in [1.165, 1.54) is 17.5 Å². The van der Waals surface area contributed by atoms with Crippen LogP contribution in [-0.4, -0.2) is 16.2 Å². The molecular formula is C12H17NO. The molecule has 0 aromatic carbocycles. The Labute approximate surface area is 85.0 Å². The monoisotopic (exact) mass is 191 g/mol. The lowest BCUT2D eigenvalue weighted by Crippen LogP contribution is -2.18. The molecule has 1 heterocycles. The van der Waals surface area contributed by atoms with Gasteiger partial charge in [0.2, 0.25) is 0 Å². The molecule has 2 heteroatoms. The first kappa shape index (κ1) is 9.66. The SMILES string of the molecule is Cc1cnccc1C1CCC[C@@H](O)C1. The van der Waals surface area contributed by atoms with Crippen molar-refractivity contribution in [2.75, 3.05) is 0 Å². The zero-order chi connectivity index (χ0) is 9.97. The molecular weight excluding hydrogens is 174 g/mol. The minimum absolute atomic E-state index is 0.0960. The zero-order valence-electron chi connectivity index (χ0n) is 8.61. The number of aromatic nitrogens is 1. The van der Waals surface area contributed by atoms with Crippen LogP contribution in [0.4, 0.5) is 0 Å². The molecule has 2 atom stereocenters. The molecule has 0 saturated heterocycles. The second-order valence-corrected chi connectivity index (χ2v) is 4.25. The van der Waals surface area contributed by atoms with Crippen LogP contribution in [0.5, 0.6) is 0 Å². The van der Waals surface area contributed by atoms with Gasteiger partial charge in [-0.3, -0.25) is 4.98 Å².